The van der Waals surface area contributed by atoms with E-state index in [4.69, 9.17) is 18.9 Å². The summed E-state index contributed by atoms with van der Waals surface area (Å²) in [6, 6.07) is 0. The summed E-state index contributed by atoms with van der Waals surface area (Å²) in [5, 5.41) is 60.4. The number of aliphatic hydroxyl groups is 6. The Balaban J connectivity index is 1.70. The number of carbonyl (C=O) groups is 1. The summed E-state index contributed by atoms with van der Waals surface area (Å²) in [7, 11) is 0. The van der Waals surface area contributed by atoms with E-state index in [9.17, 15) is 35.4 Å². The van der Waals surface area contributed by atoms with Gasteiger partial charge in [-0.3, -0.25) is 4.79 Å². The van der Waals surface area contributed by atoms with Crippen molar-refractivity contribution >= 4 is 5.78 Å². The van der Waals surface area contributed by atoms with Crippen LogP contribution in [0.2, 0.25) is 0 Å². The fourth-order valence-corrected chi connectivity index (χ4v) is 4.80. The molecular weight excluding hydrogens is 464 g/mol. The predicted octanol–water partition coefficient (Wildman–Crippen LogP) is -1.08. The average Bonchev–Trinajstić information content (AvgIpc) is 3.07. The van der Waals surface area contributed by atoms with Crippen LogP contribution in [0.1, 0.15) is 40.5 Å². The van der Waals surface area contributed by atoms with Gasteiger partial charge in [0.05, 0.1) is 19.3 Å². The third-order valence-corrected chi connectivity index (χ3v) is 7.04. The first-order chi connectivity index (χ1) is 16.4. The number of rotatable bonds is 8. The minimum Gasteiger partial charge on any atom is -0.394 e. The van der Waals surface area contributed by atoms with E-state index < -0.39 is 68.0 Å². The van der Waals surface area contributed by atoms with Gasteiger partial charge in [-0.05, 0) is 49.3 Å². The second-order valence-electron chi connectivity index (χ2n) is 10.1. The highest BCUT2D eigenvalue weighted by Gasteiger charge is 2.48. The third-order valence-electron chi connectivity index (χ3n) is 7.04. The largest absolute Gasteiger partial charge is 0.394 e. The van der Waals surface area contributed by atoms with Gasteiger partial charge in [0, 0.05) is 0 Å². The van der Waals surface area contributed by atoms with E-state index >= 15 is 0 Å². The Hall–Kier alpha value is -1.25. The molecule has 6 N–H and O–H groups in total. The predicted molar refractivity (Wildman–Crippen MR) is 121 cm³/mol. The molecule has 3 rings (SSSR count). The van der Waals surface area contributed by atoms with Crippen LogP contribution in [0.5, 0.6) is 0 Å². The molecule has 2 fully saturated rings. The topological polar surface area (TPSA) is 175 Å². The summed E-state index contributed by atoms with van der Waals surface area (Å²) in [5.74, 6) is -0.0793. The third kappa shape index (κ3) is 6.19. The summed E-state index contributed by atoms with van der Waals surface area (Å²) < 4.78 is 22.5. The lowest BCUT2D eigenvalue weighted by molar-refractivity contribution is -0.317. The molecule has 0 saturated carbocycles. The van der Waals surface area contributed by atoms with Gasteiger partial charge in [-0.25, -0.2) is 0 Å². The number of hydrogen-bond donors (Lipinski definition) is 6. The van der Waals surface area contributed by atoms with E-state index in [1.807, 2.05) is 6.92 Å². The molecule has 200 valence electrons. The Morgan fingerprint density at radius 2 is 1.60 bits per heavy atom. The van der Waals surface area contributed by atoms with E-state index in [0.717, 1.165) is 17.6 Å². The summed E-state index contributed by atoms with van der Waals surface area (Å²) in [4.78, 5) is 11.5. The Labute approximate surface area is 204 Å². The highest BCUT2D eigenvalue weighted by molar-refractivity contribution is 5.87. The van der Waals surface area contributed by atoms with E-state index in [2.05, 4.69) is 13.8 Å². The van der Waals surface area contributed by atoms with Crippen LogP contribution in [0, 0.1) is 5.41 Å². The molecule has 11 nitrogen and oxygen atoms in total. The molecular formula is C24H38O11. The van der Waals surface area contributed by atoms with Crippen molar-refractivity contribution in [2.75, 3.05) is 13.2 Å². The number of aliphatic hydroxyl groups excluding tert-OH is 6. The van der Waals surface area contributed by atoms with Crippen molar-refractivity contribution in [2.24, 2.45) is 5.41 Å². The van der Waals surface area contributed by atoms with E-state index in [1.54, 1.807) is 6.08 Å². The molecule has 0 aromatic heterocycles. The summed E-state index contributed by atoms with van der Waals surface area (Å²) in [6.07, 6.45) is -7.94. The van der Waals surface area contributed by atoms with Gasteiger partial charge in [0.25, 0.3) is 0 Å². The van der Waals surface area contributed by atoms with E-state index in [1.165, 1.54) is 13.0 Å². The van der Waals surface area contributed by atoms with Gasteiger partial charge in [-0.2, -0.15) is 0 Å². The first kappa shape index (κ1) is 28.3. The number of ketones is 1. The zero-order valence-corrected chi connectivity index (χ0v) is 20.5. The number of ether oxygens (including phenoxy) is 4. The van der Waals surface area contributed by atoms with Crippen molar-refractivity contribution in [1.29, 1.82) is 0 Å². The standard InChI is InChI=1S/C24H38O11/c1-11(26)5-6-13-12(2)14(7-8-24(13,3)4)33-23-21(31)19(29)18(28)16(35-23)10-32-22-20(30)17(27)15(9-25)34-22/h5-6,14-23,25,27-31H,7-10H2,1-4H3/b6-5+/t14?,15-,16+,17-,18+,19-,20+,21+,22+,23+/m0/s1. The average molecular weight is 503 g/mol. The van der Waals surface area contributed by atoms with Crippen LogP contribution in [0.25, 0.3) is 0 Å². The quantitative estimate of drug-likeness (QED) is 0.223. The first-order valence-electron chi connectivity index (χ1n) is 11.9. The fourth-order valence-electron chi connectivity index (χ4n) is 4.80. The molecule has 2 aliphatic heterocycles. The van der Waals surface area contributed by atoms with Crippen molar-refractivity contribution in [3.63, 3.8) is 0 Å². The fraction of sp³-hybridized carbons (Fsp3) is 0.792. The molecule has 1 aliphatic carbocycles. The Kier molecular flexibility index (Phi) is 9.25. The molecule has 0 amide bonds. The summed E-state index contributed by atoms with van der Waals surface area (Å²) in [6.45, 7) is 6.63. The van der Waals surface area contributed by atoms with Crippen molar-refractivity contribution in [3.8, 4) is 0 Å². The van der Waals surface area contributed by atoms with Gasteiger partial charge in [0.2, 0.25) is 0 Å². The monoisotopic (exact) mass is 502 g/mol. The number of allylic oxidation sites excluding steroid dienone is 3. The highest BCUT2D eigenvalue weighted by atomic mass is 16.7. The van der Waals surface area contributed by atoms with Crippen LogP contribution in [0.15, 0.2) is 23.3 Å². The smallest absolute Gasteiger partial charge is 0.187 e. The molecule has 0 aromatic carbocycles. The molecule has 35 heavy (non-hydrogen) atoms. The van der Waals surface area contributed by atoms with E-state index in [0.29, 0.717) is 6.42 Å². The maximum Gasteiger partial charge on any atom is 0.187 e. The lowest BCUT2D eigenvalue weighted by atomic mass is 9.71. The highest BCUT2D eigenvalue weighted by Crippen LogP contribution is 2.42. The minimum absolute atomic E-state index is 0.0793. The molecule has 11 heteroatoms. The van der Waals surface area contributed by atoms with Crippen molar-refractivity contribution in [2.45, 2.75) is 102 Å². The molecule has 0 spiro atoms. The Morgan fingerprint density at radius 3 is 2.20 bits per heavy atom. The normalized spacial score (nSPS) is 42.1. The lowest BCUT2D eigenvalue weighted by Crippen LogP contribution is -2.60. The van der Waals surface area contributed by atoms with Gasteiger partial charge in [0.1, 0.15) is 42.7 Å². The van der Waals surface area contributed by atoms with Gasteiger partial charge in [-0.15, -0.1) is 0 Å². The van der Waals surface area contributed by atoms with Crippen LogP contribution < -0.4 is 0 Å². The maximum absolute atomic E-state index is 11.5. The summed E-state index contributed by atoms with van der Waals surface area (Å²) >= 11 is 0. The SMILES string of the molecule is CC(=O)/C=C/C1=C(C)C(O[C@@H]2O[C@H](CO[C@@H]3O[C@@H](CO)[C@H](O)[C@H]3O)[C@@H](O)[C@H](O)[C@H]2O)CCC1(C)C. The van der Waals surface area contributed by atoms with Crippen molar-refractivity contribution in [3.05, 3.63) is 23.3 Å². The molecule has 1 unspecified atom stereocenters. The maximum atomic E-state index is 11.5. The molecule has 2 heterocycles. The minimum atomic E-state index is -1.59. The van der Waals surface area contributed by atoms with Gasteiger partial charge < -0.3 is 49.6 Å². The van der Waals surface area contributed by atoms with Crippen LogP contribution >= 0.6 is 0 Å². The number of hydrogen-bond acceptors (Lipinski definition) is 11. The molecule has 0 radical (unpaired) electrons. The molecule has 0 aromatic rings. The van der Waals surface area contributed by atoms with Crippen molar-refractivity contribution in [1.82, 2.24) is 0 Å². The molecule has 0 bridgehead atoms. The van der Waals surface area contributed by atoms with Gasteiger partial charge in [0.15, 0.2) is 18.4 Å². The Bertz CT molecular complexity index is 809. The van der Waals surface area contributed by atoms with Crippen LogP contribution in [-0.2, 0) is 23.7 Å². The zero-order valence-electron chi connectivity index (χ0n) is 20.5. The van der Waals surface area contributed by atoms with Crippen LogP contribution in [-0.4, -0.2) is 111 Å². The van der Waals surface area contributed by atoms with Crippen LogP contribution in [0.3, 0.4) is 0 Å². The molecule has 3 aliphatic rings. The van der Waals surface area contributed by atoms with Crippen molar-refractivity contribution < 1.29 is 54.4 Å². The first-order valence-corrected chi connectivity index (χ1v) is 11.9. The number of carbonyl (C=O) groups excluding carboxylic acids is 1. The van der Waals surface area contributed by atoms with Gasteiger partial charge >= 0.3 is 0 Å². The molecule has 10 atom stereocenters. The van der Waals surface area contributed by atoms with Gasteiger partial charge in [-0.1, -0.05) is 19.9 Å². The molecule has 2 saturated heterocycles. The van der Waals surface area contributed by atoms with E-state index in [-0.39, 0.29) is 17.8 Å². The zero-order chi connectivity index (χ0) is 26.1. The summed E-state index contributed by atoms with van der Waals surface area (Å²) in [5.41, 5.74) is 1.63. The second kappa shape index (κ2) is 11.4. The Morgan fingerprint density at radius 1 is 1.00 bits per heavy atom. The lowest BCUT2D eigenvalue weighted by Gasteiger charge is -2.43. The van der Waals surface area contributed by atoms with Crippen LogP contribution in [0.4, 0.5) is 0 Å². The second-order valence-corrected chi connectivity index (χ2v) is 10.1.